The maximum absolute atomic E-state index is 13.1. The second-order valence-electron chi connectivity index (χ2n) is 6.38. The van der Waals surface area contributed by atoms with Crippen LogP contribution >= 0.6 is 0 Å². The Balaban J connectivity index is 2.14. The fraction of sp³-hybridized carbons (Fsp3) is 0.273. The monoisotopic (exact) mass is 363 g/mol. The van der Waals surface area contributed by atoms with Gasteiger partial charge in [-0.1, -0.05) is 29.8 Å². The number of benzene rings is 2. The van der Waals surface area contributed by atoms with E-state index in [2.05, 4.69) is 0 Å². The van der Waals surface area contributed by atoms with Crippen LogP contribution in [0.25, 0.3) is 16.9 Å². The van der Waals surface area contributed by atoms with Crippen LogP contribution in [0.3, 0.4) is 0 Å². The van der Waals surface area contributed by atoms with E-state index < -0.39 is 0 Å². The Hall–Kier alpha value is -3.08. The summed E-state index contributed by atoms with van der Waals surface area (Å²) in [5.74, 6) is 0.717. The topological polar surface area (TPSA) is 47.4 Å². The number of hydrogen-bond donors (Lipinski definition) is 0. The van der Waals surface area contributed by atoms with Gasteiger partial charge in [-0.2, -0.15) is 5.10 Å². The maximum atomic E-state index is 13.1. The zero-order valence-electron chi connectivity index (χ0n) is 16.3. The van der Waals surface area contributed by atoms with E-state index in [0.29, 0.717) is 24.3 Å². The summed E-state index contributed by atoms with van der Waals surface area (Å²) in [4.78, 5) is 14.9. The molecule has 0 aliphatic heterocycles. The summed E-state index contributed by atoms with van der Waals surface area (Å²) in [6.45, 7) is 7.32. The van der Waals surface area contributed by atoms with Gasteiger partial charge in [0.1, 0.15) is 11.4 Å². The van der Waals surface area contributed by atoms with E-state index in [1.54, 1.807) is 16.7 Å². The third kappa shape index (κ3) is 3.87. The van der Waals surface area contributed by atoms with Crippen LogP contribution in [0.2, 0.25) is 0 Å². The Bertz CT molecular complexity index is 925. The molecule has 0 bridgehead atoms. The van der Waals surface area contributed by atoms with Crippen LogP contribution in [0.15, 0.2) is 54.7 Å². The Kier molecular flexibility index (Phi) is 5.60. The quantitative estimate of drug-likeness (QED) is 0.654. The highest BCUT2D eigenvalue weighted by atomic mass is 16.5. The first kappa shape index (κ1) is 18.7. The second-order valence-corrected chi connectivity index (χ2v) is 6.38. The Labute approximate surface area is 160 Å². The van der Waals surface area contributed by atoms with Crippen LogP contribution < -0.4 is 4.74 Å². The number of carbonyl (C=O) groups excluding carboxylic acids is 1. The second kappa shape index (κ2) is 8.08. The van der Waals surface area contributed by atoms with Crippen molar-refractivity contribution >= 4 is 5.91 Å². The molecule has 0 unspecified atom stereocenters. The highest BCUT2D eigenvalue weighted by molar-refractivity contribution is 6.00. The molecule has 27 heavy (non-hydrogen) atoms. The van der Waals surface area contributed by atoms with Gasteiger partial charge in [-0.15, -0.1) is 0 Å². The molecule has 0 aliphatic carbocycles. The van der Waals surface area contributed by atoms with E-state index in [4.69, 9.17) is 9.84 Å². The molecule has 0 N–H and O–H groups in total. The lowest BCUT2D eigenvalue weighted by atomic mass is 10.1. The summed E-state index contributed by atoms with van der Waals surface area (Å²) in [5.41, 5.74) is 4.20. The molecular weight excluding hydrogens is 338 g/mol. The van der Waals surface area contributed by atoms with E-state index in [1.807, 2.05) is 75.5 Å². The van der Waals surface area contributed by atoms with E-state index in [1.165, 1.54) is 5.56 Å². The van der Waals surface area contributed by atoms with E-state index >= 15 is 0 Å². The highest BCUT2D eigenvalue weighted by Gasteiger charge is 2.22. The number of aromatic nitrogens is 2. The van der Waals surface area contributed by atoms with Gasteiger partial charge >= 0.3 is 0 Å². The molecule has 0 fully saturated rings. The summed E-state index contributed by atoms with van der Waals surface area (Å²) in [6, 6.07) is 15.7. The minimum atomic E-state index is -0.0174. The molecule has 0 saturated heterocycles. The van der Waals surface area contributed by atoms with Gasteiger partial charge in [0, 0.05) is 24.8 Å². The van der Waals surface area contributed by atoms with Crippen LogP contribution in [-0.4, -0.2) is 40.8 Å². The number of rotatable bonds is 6. The SMILES string of the molecule is CCN(CC)C(=O)c1cn(-c2ccc(C)cc2)nc1-c1cccc(OC)c1. The summed E-state index contributed by atoms with van der Waals surface area (Å²) in [7, 11) is 1.63. The third-order valence-electron chi connectivity index (χ3n) is 4.64. The Morgan fingerprint density at radius 1 is 1.11 bits per heavy atom. The molecule has 0 atom stereocenters. The molecule has 1 heterocycles. The number of carbonyl (C=O) groups is 1. The van der Waals surface area contributed by atoms with Crippen molar-refractivity contribution in [3.63, 3.8) is 0 Å². The smallest absolute Gasteiger partial charge is 0.257 e. The minimum absolute atomic E-state index is 0.0174. The van der Waals surface area contributed by atoms with Crippen molar-refractivity contribution < 1.29 is 9.53 Å². The van der Waals surface area contributed by atoms with Crippen molar-refractivity contribution in [2.45, 2.75) is 20.8 Å². The van der Waals surface area contributed by atoms with Crippen LogP contribution in [0.4, 0.5) is 0 Å². The van der Waals surface area contributed by atoms with Gasteiger partial charge in [-0.25, -0.2) is 4.68 Å². The van der Waals surface area contributed by atoms with Gasteiger partial charge in [0.2, 0.25) is 0 Å². The molecule has 1 amide bonds. The van der Waals surface area contributed by atoms with E-state index in [9.17, 15) is 4.79 Å². The molecule has 0 spiro atoms. The molecule has 0 radical (unpaired) electrons. The molecule has 3 rings (SSSR count). The third-order valence-corrected chi connectivity index (χ3v) is 4.64. The van der Waals surface area contributed by atoms with Crippen molar-refractivity contribution in [2.75, 3.05) is 20.2 Å². The summed E-state index contributed by atoms with van der Waals surface area (Å²) < 4.78 is 7.11. The molecule has 140 valence electrons. The number of amides is 1. The zero-order chi connectivity index (χ0) is 19.4. The van der Waals surface area contributed by atoms with Gasteiger partial charge in [-0.3, -0.25) is 4.79 Å². The number of ether oxygens (including phenoxy) is 1. The fourth-order valence-corrected chi connectivity index (χ4v) is 3.02. The standard InChI is InChI=1S/C22H25N3O2/c1-5-24(6-2)22(26)20-15-25(18-12-10-16(3)11-13-18)23-21(20)17-8-7-9-19(14-17)27-4/h7-15H,5-6H2,1-4H3. The molecule has 0 aliphatic rings. The van der Waals surface area contributed by atoms with Crippen molar-refractivity contribution in [2.24, 2.45) is 0 Å². The first-order valence-corrected chi connectivity index (χ1v) is 9.17. The van der Waals surface area contributed by atoms with Crippen molar-refractivity contribution in [1.29, 1.82) is 0 Å². The molecule has 0 saturated carbocycles. The minimum Gasteiger partial charge on any atom is -0.497 e. The molecular formula is C22H25N3O2. The van der Waals surface area contributed by atoms with Crippen LogP contribution in [0, 0.1) is 6.92 Å². The van der Waals surface area contributed by atoms with Gasteiger partial charge in [0.25, 0.3) is 5.91 Å². The van der Waals surface area contributed by atoms with Gasteiger partial charge in [0.15, 0.2) is 0 Å². The number of nitrogens with zero attached hydrogens (tertiary/aromatic N) is 3. The van der Waals surface area contributed by atoms with Crippen molar-refractivity contribution in [1.82, 2.24) is 14.7 Å². The first-order valence-electron chi connectivity index (χ1n) is 9.17. The van der Waals surface area contributed by atoms with E-state index in [0.717, 1.165) is 17.0 Å². The van der Waals surface area contributed by atoms with E-state index in [-0.39, 0.29) is 5.91 Å². The van der Waals surface area contributed by atoms with Gasteiger partial charge < -0.3 is 9.64 Å². The lowest BCUT2D eigenvalue weighted by Crippen LogP contribution is -2.30. The lowest BCUT2D eigenvalue weighted by Gasteiger charge is -2.18. The average molecular weight is 363 g/mol. The van der Waals surface area contributed by atoms with Gasteiger partial charge in [0.05, 0.1) is 18.4 Å². The molecule has 3 aromatic rings. The predicted molar refractivity (Wildman–Crippen MR) is 108 cm³/mol. The van der Waals surface area contributed by atoms with Crippen LogP contribution in [0.1, 0.15) is 29.8 Å². The van der Waals surface area contributed by atoms with Crippen LogP contribution in [-0.2, 0) is 0 Å². The molecule has 2 aromatic carbocycles. The summed E-state index contributed by atoms with van der Waals surface area (Å²) in [5, 5.41) is 4.74. The predicted octanol–water partition coefficient (Wildman–Crippen LogP) is 4.34. The van der Waals surface area contributed by atoms with Crippen LogP contribution in [0.5, 0.6) is 5.75 Å². The number of methoxy groups -OCH3 is 1. The normalized spacial score (nSPS) is 10.7. The maximum Gasteiger partial charge on any atom is 0.257 e. The number of aryl methyl sites for hydroxylation is 1. The summed E-state index contributed by atoms with van der Waals surface area (Å²) >= 11 is 0. The zero-order valence-corrected chi connectivity index (χ0v) is 16.3. The van der Waals surface area contributed by atoms with Gasteiger partial charge in [-0.05, 0) is 45.0 Å². The molecule has 1 aromatic heterocycles. The highest BCUT2D eigenvalue weighted by Crippen LogP contribution is 2.28. The Morgan fingerprint density at radius 2 is 1.81 bits per heavy atom. The first-order chi connectivity index (χ1) is 13.1. The largest absolute Gasteiger partial charge is 0.497 e. The van der Waals surface area contributed by atoms with Crippen molar-refractivity contribution in [3.8, 4) is 22.7 Å². The fourth-order valence-electron chi connectivity index (χ4n) is 3.02. The number of hydrogen-bond acceptors (Lipinski definition) is 3. The van der Waals surface area contributed by atoms with Crippen molar-refractivity contribution in [3.05, 3.63) is 65.9 Å². The summed E-state index contributed by atoms with van der Waals surface area (Å²) in [6.07, 6.45) is 1.82. The lowest BCUT2D eigenvalue weighted by molar-refractivity contribution is 0.0773. The molecule has 5 heteroatoms. The Morgan fingerprint density at radius 3 is 2.44 bits per heavy atom. The average Bonchev–Trinajstić information content (AvgIpc) is 3.15. The molecule has 5 nitrogen and oxygen atoms in total.